The molecule has 68 valence electrons. The predicted octanol–water partition coefficient (Wildman–Crippen LogP) is 1.51. The Hall–Kier alpha value is -0.0800. The third kappa shape index (κ3) is 2.46. The molecular formula is C9H22NO+. The summed E-state index contributed by atoms with van der Waals surface area (Å²) in [5.41, 5.74) is 0. The van der Waals surface area contributed by atoms with Gasteiger partial charge in [-0.05, 0) is 13.8 Å². The van der Waals surface area contributed by atoms with Gasteiger partial charge in [-0.15, -0.1) is 0 Å². The van der Waals surface area contributed by atoms with E-state index in [0.29, 0.717) is 0 Å². The van der Waals surface area contributed by atoms with Crippen LogP contribution in [0, 0.1) is 0 Å². The number of rotatable bonds is 2. The summed E-state index contributed by atoms with van der Waals surface area (Å²) in [6, 6.07) is 0. The van der Waals surface area contributed by atoms with E-state index >= 15 is 0 Å². The van der Waals surface area contributed by atoms with Gasteiger partial charge in [-0.2, -0.15) is 0 Å². The lowest BCUT2D eigenvalue weighted by Gasteiger charge is -2.39. The minimum absolute atomic E-state index is 0. The molecule has 1 fully saturated rings. The molecule has 0 aromatic carbocycles. The highest BCUT2D eigenvalue weighted by atomic mass is 16.5. The zero-order valence-electron chi connectivity index (χ0n) is 7.10. The quantitative estimate of drug-likeness (QED) is 0.556. The normalized spacial score (nSPS) is 22.4. The van der Waals surface area contributed by atoms with Crippen LogP contribution >= 0.6 is 0 Å². The molecule has 0 radical (unpaired) electrons. The lowest BCUT2D eigenvalue weighted by molar-refractivity contribution is -0.931. The Labute approximate surface area is 70.7 Å². The Bertz CT molecular complexity index is 91.7. The summed E-state index contributed by atoms with van der Waals surface area (Å²) in [4.78, 5) is 0. The number of quaternary nitrogens is 1. The number of nitrogens with zero attached hydrogens (tertiary/aromatic N) is 1. The molecule has 0 atom stereocenters. The number of morpholine rings is 1. The Morgan fingerprint density at radius 2 is 1.55 bits per heavy atom. The summed E-state index contributed by atoms with van der Waals surface area (Å²) >= 11 is 0. The molecule has 0 unspecified atom stereocenters. The van der Waals surface area contributed by atoms with Crippen LogP contribution in [0.4, 0.5) is 0 Å². The van der Waals surface area contributed by atoms with Gasteiger partial charge < -0.3 is 9.22 Å². The molecule has 1 aliphatic heterocycles. The number of hydrogen-bond donors (Lipinski definition) is 0. The first-order chi connectivity index (χ1) is 4.83. The molecule has 0 aromatic heterocycles. The molecule has 0 bridgehead atoms. The second-order valence-corrected chi connectivity index (χ2v) is 3.03. The maximum absolute atomic E-state index is 5.31. The average molecular weight is 160 g/mol. The minimum Gasteiger partial charge on any atom is -0.370 e. The summed E-state index contributed by atoms with van der Waals surface area (Å²) in [5, 5.41) is 0. The molecule has 0 spiro atoms. The molecule has 0 aliphatic carbocycles. The van der Waals surface area contributed by atoms with Crippen molar-refractivity contribution in [3.63, 3.8) is 0 Å². The molecule has 1 rings (SSSR count). The van der Waals surface area contributed by atoms with Crippen molar-refractivity contribution >= 4 is 0 Å². The zero-order valence-corrected chi connectivity index (χ0v) is 7.10. The van der Waals surface area contributed by atoms with E-state index in [4.69, 9.17) is 4.74 Å². The topological polar surface area (TPSA) is 9.23 Å². The summed E-state index contributed by atoms with van der Waals surface area (Å²) in [6.07, 6.45) is 0. The van der Waals surface area contributed by atoms with Crippen LogP contribution in [0.2, 0.25) is 0 Å². The Balaban J connectivity index is 0.000001000. The number of hydrogen-bond acceptors (Lipinski definition) is 1. The fourth-order valence-electron chi connectivity index (χ4n) is 1.59. The SMILES string of the molecule is C.CC[N+]1(CC)CCOCC1. The van der Waals surface area contributed by atoms with Crippen LogP contribution in [-0.2, 0) is 4.74 Å². The monoisotopic (exact) mass is 160 g/mol. The molecule has 1 saturated heterocycles. The summed E-state index contributed by atoms with van der Waals surface area (Å²) < 4.78 is 6.58. The first-order valence-corrected chi connectivity index (χ1v) is 4.26. The Morgan fingerprint density at radius 3 is 1.82 bits per heavy atom. The third-order valence-electron chi connectivity index (χ3n) is 2.76. The second-order valence-electron chi connectivity index (χ2n) is 3.03. The van der Waals surface area contributed by atoms with Gasteiger partial charge in [0.2, 0.25) is 0 Å². The molecule has 1 aliphatic rings. The van der Waals surface area contributed by atoms with Gasteiger partial charge in [0.1, 0.15) is 13.1 Å². The first kappa shape index (κ1) is 10.9. The Morgan fingerprint density at radius 1 is 1.09 bits per heavy atom. The predicted molar refractivity (Wildman–Crippen MR) is 48.6 cm³/mol. The fourth-order valence-corrected chi connectivity index (χ4v) is 1.59. The summed E-state index contributed by atoms with van der Waals surface area (Å²) in [7, 11) is 0. The van der Waals surface area contributed by atoms with Gasteiger partial charge in [-0.25, -0.2) is 0 Å². The van der Waals surface area contributed by atoms with Crippen LogP contribution in [0.5, 0.6) is 0 Å². The first-order valence-electron chi connectivity index (χ1n) is 4.26. The molecule has 0 N–H and O–H groups in total. The molecular weight excluding hydrogens is 138 g/mol. The highest BCUT2D eigenvalue weighted by molar-refractivity contribution is 4.46. The van der Waals surface area contributed by atoms with Crippen LogP contribution in [0.25, 0.3) is 0 Å². The van der Waals surface area contributed by atoms with E-state index < -0.39 is 0 Å². The third-order valence-corrected chi connectivity index (χ3v) is 2.76. The molecule has 11 heavy (non-hydrogen) atoms. The highest BCUT2D eigenvalue weighted by Crippen LogP contribution is 2.09. The largest absolute Gasteiger partial charge is 0.370 e. The van der Waals surface area contributed by atoms with Crippen molar-refractivity contribution in [3.8, 4) is 0 Å². The van der Waals surface area contributed by atoms with Crippen molar-refractivity contribution < 1.29 is 9.22 Å². The standard InChI is InChI=1S/C8H18NO.CH4/c1-3-9(4-2)5-7-10-8-6-9;/h3-8H2,1-2H3;1H4/q+1;. The molecule has 0 aromatic rings. The Kier molecular flexibility index (Phi) is 4.69. The van der Waals surface area contributed by atoms with Crippen LogP contribution < -0.4 is 0 Å². The van der Waals surface area contributed by atoms with Crippen molar-refractivity contribution in [2.24, 2.45) is 0 Å². The van der Waals surface area contributed by atoms with Gasteiger partial charge in [-0.1, -0.05) is 7.43 Å². The molecule has 0 amide bonds. The van der Waals surface area contributed by atoms with Gasteiger partial charge in [0.15, 0.2) is 0 Å². The smallest absolute Gasteiger partial charge is 0.102 e. The minimum atomic E-state index is 0. The van der Waals surface area contributed by atoms with Gasteiger partial charge in [-0.3, -0.25) is 0 Å². The molecule has 2 nitrogen and oxygen atoms in total. The van der Waals surface area contributed by atoms with Gasteiger partial charge >= 0.3 is 0 Å². The van der Waals surface area contributed by atoms with Crippen molar-refractivity contribution in [1.29, 1.82) is 0 Å². The van der Waals surface area contributed by atoms with Crippen LogP contribution in [0.3, 0.4) is 0 Å². The van der Waals surface area contributed by atoms with Crippen LogP contribution in [-0.4, -0.2) is 43.9 Å². The number of ether oxygens (including phenoxy) is 1. The maximum atomic E-state index is 5.31. The van der Waals surface area contributed by atoms with Gasteiger partial charge in [0.25, 0.3) is 0 Å². The van der Waals surface area contributed by atoms with Gasteiger partial charge in [0, 0.05) is 0 Å². The van der Waals surface area contributed by atoms with Crippen molar-refractivity contribution in [2.75, 3.05) is 39.4 Å². The summed E-state index contributed by atoms with van der Waals surface area (Å²) in [5.74, 6) is 0. The second kappa shape index (κ2) is 4.73. The highest BCUT2D eigenvalue weighted by Gasteiger charge is 2.25. The van der Waals surface area contributed by atoms with Crippen LogP contribution in [0.15, 0.2) is 0 Å². The van der Waals surface area contributed by atoms with Crippen LogP contribution in [0.1, 0.15) is 21.3 Å². The van der Waals surface area contributed by atoms with Crippen molar-refractivity contribution in [3.05, 3.63) is 0 Å². The van der Waals surface area contributed by atoms with E-state index in [2.05, 4.69) is 13.8 Å². The van der Waals surface area contributed by atoms with E-state index in [9.17, 15) is 0 Å². The van der Waals surface area contributed by atoms with Gasteiger partial charge in [0.05, 0.1) is 26.3 Å². The maximum Gasteiger partial charge on any atom is 0.102 e. The van der Waals surface area contributed by atoms with E-state index in [-0.39, 0.29) is 7.43 Å². The average Bonchev–Trinajstić information content (AvgIpc) is 2.06. The lowest BCUT2D eigenvalue weighted by Crippen LogP contribution is -2.54. The van der Waals surface area contributed by atoms with E-state index in [1.165, 1.54) is 30.7 Å². The van der Waals surface area contributed by atoms with Crippen molar-refractivity contribution in [1.82, 2.24) is 0 Å². The van der Waals surface area contributed by atoms with E-state index in [1.807, 2.05) is 0 Å². The van der Waals surface area contributed by atoms with Crippen molar-refractivity contribution in [2.45, 2.75) is 21.3 Å². The fraction of sp³-hybridized carbons (Fsp3) is 1.00. The molecule has 2 heteroatoms. The molecule has 0 saturated carbocycles. The zero-order chi connectivity index (χ0) is 7.45. The lowest BCUT2D eigenvalue weighted by atomic mass is 10.3. The van der Waals surface area contributed by atoms with E-state index in [1.54, 1.807) is 0 Å². The number of likely N-dealkylation sites (N-methyl/N-ethyl adjacent to an activating group) is 1. The molecule has 1 heterocycles. The summed E-state index contributed by atoms with van der Waals surface area (Å²) in [6.45, 7) is 11.4. The van der Waals surface area contributed by atoms with E-state index in [0.717, 1.165) is 13.2 Å².